The van der Waals surface area contributed by atoms with E-state index in [0.29, 0.717) is 11.3 Å². The SMILES string of the molecule is Cc1sc(CNCC(C)C(C)(C)C)cc1Br. The summed E-state index contributed by atoms with van der Waals surface area (Å²) in [5, 5.41) is 3.54. The van der Waals surface area contributed by atoms with Crippen molar-refractivity contribution in [3.8, 4) is 0 Å². The number of thiophene rings is 1. The first-order valence-electron chi connectivity index (χ1n) is 5.76. The normalized spacial score (nSPS) is 14.1. The van der Waals surface area contributed by atoms with E-state index in [1.807, 2.05) is 11.3 Å². The third-order valence-corrected chi connectivity index (χ3v) is 5.27. The van der Waals surface area contributed by atoms with Gasteiger partial charge in [0.2, 0.25) is 0 Å². The lowest BCUT2D eigenvalue weighted by Crippen LogP contribution is -2.29. The molecule has 0 aliphatic carbocycles. The van der Waals surface area contributed by atoms with Crippen molar-refractivity contribution in [3.05, 3.63) is 20.3 Å². The maximum atomic E-state index is 3.55. The van der Waals surface area contributed by atoms with E-state index in [-0.39, 0.29) is 0 Å². The molecule has 0 radical (unpaired) electrons. The molecule has 1 aromatic heterocycles. The number of rotatable bonds is 4. The molecule has 16 heavy (non-hydrogen) atoms. The molecule has 0 spiro atoms. The number of aryl methyl sites for hydroxylation is 1. The Morgan fingerprint density at radius 2 is 2.06 bits per heavy atom. The third kappa shape index (κ3) is 4.19. The topological polar surface area (TPSA) is 12.0 Å². The molecule has 92 valence electrons. The Balaban J connectivity index is 2.36. The Morgan fingerprint density at radius 3 is 2.50 bits per heavy atom. The summed E-state index contributed by atoms with van der Waals surface area (Å²) in [5.74, 6) is 0.692. The van der Waals surface area contributed by atoms with Gasteiger partial charge >= 0.3 is 0 Å². The number of halogens is 1. The molecule has 0 aliphatic rings. The summed E-state index contributed by atoms with van der Waals surface area (Å²) in [5.41, 5.74) is 0.388. The predicted molar refractivity (Wildman–Crippen MR) is 77.1 cm³/mol. The van der Waals surface area contributed by atoms with Crippen LogP contribution < -0.4 is 5.32 Å². The van der Waals surface area contributed by atoms with Crippen LogP contribution in [0.5, 0.6) is 0 Å². The summed E-state index contributed by atoms with van der Waals surface area (Å²) in [4.78, 5) is 2.77. The Labute approximate surface area is 112 Å². The Bertz CT molecular complexity index is 319. The average molecular weight is 304 g/mol. The van der Waals surface area contributed by atoms with Gasteiger partial charge in [-0.25, -0.2) is 0 Å². The lowest BCUT2D eigenvalue weighted by molar-refractivity contribution is 0.253. The van der Waals surface area contributed by atoms with Gasteiger partial charge in [0.25, 0.3) is 0 Å². The van der Waals surface area contributed by atoms with E-state index in [0.717, 1.165) is 13.1 Å². The van der Waals surface area contributed by atoms with Crippen LogP contribution in [0.15, 0.2) is 10.5 Å². The van der Waals surface area contributed by atoms with Gasteiger partial charge in [-0.05, 0) is 46.8 Å². The summed E-state index contributed by atoms with van der Waals surface area (Å²) in [6, 6.07) is 2.22. The van der Waals surface area contributed by atoms with E-state index >= 15 is 0 Å². The number of hydrogen-bond donors (Lipinski definition) is 1. The Hall–Kier alpha value is 0.140. The predicted octanol–water partition coefficient (Wildman–Crippen LogP) is 4.59. The highest BCUT2D eigenvalue weighted by molar-refractivity contribution is 9.10. The second-order valence-electron chi connectivity index (χ2n) is 5.51. The Kier molecular flexibility index (Phi) is 5.02. The van der Waals surface area contributed by atoms with E-state index in [9.17, 15) is 0 Å². The van der Waals surface area contributed by atoms with Gasteiger partial charge in [0.15, 0.2) is 0 Å². The molecule has 1 heterocycles. The van der Waals surface area contributed by atoms with Crippen LogP contribution in [0.2, 0.25) is 0 Å². The maximum Gasteiger partial charge on any atom is 0.0314 e. The number of nitrogens with one attached hydrogen (secondary N) is 1. The third-order valence-electron chi connectivity index (χ3n) is 3.14. The van der Waals surface area contributed by atoms with E-state index in [1.54, 1.807) is 0 Å². The van der Waals surface area contributed by atoms with Crippen molar-refractivity contribution < 1.29 is 0 Å². The van der Waals surface area contributed by atoms with Gasteiger partial charge in [-0.1, -0.05) is 27.7 Å². The molecular formula is C13H22BrNS. The summed E-state index contributed by atoms with van der Waals surface area (Å²) in [6.07, 6.45) is 0. The first-order chi connectivity index (χ1) is 7.30. The molecule has 3 heteroatoms. The minimum Gasteiger partial charge on any atom is -0.312 e. The largest absolute Gasteiger partial charge is 0.312 e. The lowest BCUT2D eigenvalue weighted by atomic mass is 9.82. The molecule has 1 unspecified atom stereocenters. The van der Waals surface area contributed by atoms with Gasteiger partial charge in [0, 0.05) is 20.8 Å². The monoisotopic (exact) mass is 303 g/mol. The second-order valence-corrected chi connectivity index (χ2v) is 7.71. The van der Waals surface area contributed by atoms with Crippen molar-refractivity contribution in [1.29, 1.82) is 0 Å². The average Bonchev–Trinajstić information content (AvgIpc) is 2.44. The van der Waals surface area contributed by atoms with Crippen LogP contribution in [0.3, 0.4) is 0 Å². The van der Waals surface area contributed by atoms with Crippen molar-refractivity contribution in [2.45, 2.75) is 41.2 Å². The second kappa shape index (κ2) is 5.65. The molecular weight excluding hydrogens is 282 g/mol. The fourth-order valence-corrected chi connectivity index (χ4v) is 2.89. The van der Waals surface area contributed by atoms with Crippen molar-refractivity contribution in [1.82, 2.24) is 5.32 Å². The molecule has 0 bridgehead atoms. The highest BCUT2D eigenvalue weighted by Crippen LogP contribution is 2.27. The number of hydrogen-bond acceptors (Lipinski definition) is 2. The van der Waals surface area contributed by atoms with E-state index < -0.39 is 0 Å². The van der Waals surface area contributed by atoms with Crippen molar-refractivity contribution in [3.63, 3.8) is 0 Å². The summed E-state index contributed by atoms with van der Waals surface area (Å²) in [6.45, 7) is 13.4. The molecule has 1 aromatic rings. The molecule has 1 atom stereocenters. The maximum absolute atomic E-state index is 3.55. The van der Waals surface area contributed by atoms with Gasteiger partial charge in [-0.3, -0.25) is 0 Å². The van der Waals surface area contributed by atoms with Gasteiger partial charge in [-0.15, -0.1) is 11.3 Å². The van der Waals surface area contributed by atoms with Gasteiger partial charge in [0.1, 0.15) is 0 Å². The van der Waals surface area contributed by atoms with Crippen LogP contribution in [0.25, 0.3) is 0 Å². The molecule has 1 N–H and O–H groups in total. The summed E-state index contributed by atoms with van der Waals surface area (Å²) < 4.78 is 1.23. The first kappa shape index (κ1) is 14.2. The molecule has 0 aliphatic heterocycles. The molecule has 0 saturated carbocycles. The van der Waals surface area contributed by atoms with Crippen LogP contribution in [0.1, 0.15) is 37.4 Å². The molecule has 1 rings (SSSR count). The minimum absolute atomic E-state index is 0.388. The zero-order valence-electron chi connectivity index (χ0n) is 10.9. The van der Waals surface area contributed by atoms with Crippen molar-refractivity contribution in [2.24, 2.45) is 11.3 Å². The van der Waals surface area contributed by atoms with Gasteiger partial charge in [-0.2, -0.15) is 0 Å². The zero-order valence-corrected chi connectivity index (χ0v) is 13.3. The molecule has 0 saturated heterocycles. The van der Waals surface area contributed by atoms with Gasteiger partial charge in [0.05, 0.1) is 0 Å². The van der Waals surface area contributed by atoms with Gasteiger partial charge < -0.3 is 5.32 Å². The first-order valence-corrected chi connectivity index (χ1v) is 7.37. The van der Waals surface area contributed by atoms with E-state index in [4.69, 9.17) is 0 Å². The smallest absolute Gasteiger partial charge is 0.0314 e. The molecule has 0 amide bonds. The quantitative estimate of drug-likeness (QED) is 0.858. The summed E-state index contributed by atoms with van der Waals surface area (Å²) >= 11 is 5.42. The van der Waals surface area contributed by atoms with Crippen LogP contribution in [0, 0.1) is 18.3 Å². The minimum atomic E-state index is 0.388. The van der Waals surface area contributed by atoms with Crippen LogP contribution >= 0.6 is 27.3 Å². The molecule has 0 aromatic carbocycles. The van der Waals surface area contributed by atoms with Crippen LogP contribution in [-0.2, 0) is 6.54 Å². The molecule has 1 nitrogen and oxygen atoms in total. The van der Waals surface area contributed by atoms with Crippen LogP contribution in [0.4, 0.5) is 0 Å². The Morgan fingerprint density at radius 1 is 1.44 bits per heavy atom. The molecule has 0 fully saturated rings. The highest BCUT2D eigenvalue weighted by atomic mass is 79.9. The fourth-order valence-electron chi connectivity index (χ4n) is 1.32. The fraction of sp³-hybridized carbons (Fsp3) is 0.692. The van der Waals surface area contributed by atoms with Crippen molar-refractivity contribution >= 4 is 27.3 Å². The van der Waals surface area contributed by atoms with Crippen molar-refractivity contribution in [2.75, 3.05) is 6.54 Å². The standard InChI is InChI=1S/C13H22BrNS/c1-9(13(3,4)5)7-15-8-11-6-12(14)10(2)16-11/h6,9,15H,7-8H2,1-5H3. The highest BCUT2D eigenvalue weighted by Gasteiger charge is 2.19. The van der Waals surface area contributed by atoms with E-state index in [1.165, 1.54) is 14.2 Å². The summed E-state index contributed by atoms with van der Waals surface area (Å²) in [7, 11) is 0. The lowest BCUT2D eigenvalue weighted by Gasteiger charge is -2.27. The van der Waals surface area contributed by atoms with Crippen LogP contribution in [-0.4, -0.2) is 6.54 Å². The zero-order chi connectivity index (χ0) is 12.3. The van der Waals surface area contributed by atoms with E-state index in [2.05, 4.69) is 61.9 Å².